The Kier molecular flexibility index (Phi) is 4.92. The lowest BCUT2D eigenvalue weighted by Gasteiger charge is -2.35. The highest BCUT2D eigenvalue weighted by Crippen LogP contribution is 2.33. The van der Waals surface area contributed by atoms with E-state index in [1.165, 1.54) is 44.4 Å². The van der Waals surface area contributed by atoms with E-state index >= 15 is 0 Å². The van der Waals surface area contributed by atoms with Crippen molar-refractivity contribution in [3.63, 3.8) is 0 Å². The van der Waals surface area contributed by atoms with Gasteiger partial charge in [0.05, 0.1) is 12.1 Å². The van der Waals surface area contributed by atoms with Crippen LogP contribution in [0.25, 0.3) is 0 Å². The van der Waals surface area contributed by atoms with Gasteiger partial charge in [-0.15, -0.1) is 0 Å². The van der Waals surface area contributed by atoms with E-state index in [1.54, 1.807) is 0 Å². The molecule has 0 aromatic heterocycles. The van der Waals surface area contributed by atoms with Crippen molar-refractivity contribution in [2.45, 2.75) is 91.3 Å². The summed E-state index contributed by atoms with van der Waals surface area (Å²) in [6.45, 7) is 11.7. The first-order valence-electron chi connectivity index (χ1n) is 8.36. The fraction of sp³-hybridized carbons (Fsp3) is 0.941. The Hall–Kier alpha value is -0.530. The topological polar surface area (TPSA) is 15.6 Å². The highest BCUT2D eigenvalue weighted by atomic mass is 15.3. The number of aliphatic imine (C=N–C) groups is 1. The Morgan fingerprint density at radius 2 is 1.74 bits per heavy atom. The molecule has 2 heteroatoms. The van der Waals surface area contributed by atoms with E-state index in [9.17, 15) is 0 Å². The van der Waals surface area contributed by atoms with E-state index < -0.39 is 0 Å². The average molecular weight is 264 g/mol. The molecule has 1 fully saturated rings. The molecule has 1 heterocycles. The molecular formula is C17H32N2. The van der Waals surface area contributed by atoms with E-state index in [0.717, 1.165) is 5.92 Å². The van der Waals surface area contributed by atoms with Crippen LogP contribution in [0.4, 0.5) is 0 Å². The fourth-order valence-corrected chi connectivity index (χ4v) is 3.87. The molecule has 0 amide bonds. The second-order valence-corrected chi connectivity index (χ2v) is 7.26. The Labute approximate surface area is 119 Å². The number of hydrogen-bond acceptors (Lipinski definition) is 2. The Morgan fingerprint density at radius 3 is 2.37 bits per heavy atom. The molecule has 2 nitrogen and oxygen atoms in total. The summed E-state index contributed by atoms with van der Waals surface area (Å²) < 4.78 is 0. The lowest BCUT2D eigenvalue weighted by Crippen LogP contribution is -2.45. The summed E-state index contributed by atoms with van der Waals surface area (Å²) in [7, 11) is 0. The van der Waals surface area contributed by atoms with Gasteiger partial charge in [0.25, 0.3) is 0 Å². The van der Waals surface area contributed by atoms with Crippen molar-refractivity contribution in [2.24, 2.45) is 16.8 Å². The highest BCUT2D eigenvalue weighted by Gasteiger charge is 2.38. The summed E-state index contributed by atoms with van der Waals surface area (Å²) in [5, 5.41) is 0. The molecule has 0 aromatic carbocycles. The van der Waals surface area contributed by atoms with Gasteiger partial charge < -0.3 is 4.90 Å². The van der Waals surface area contributed by atoms with Crippen LogP contribution in [0.1, 0.15) is 73.1 Å². The maximum absolute atomic E-state index is 5.15. The summed E-state index contributed by atoms with van der Waals surface area (Å²) >= 11 is 0. The van der Waals surface area contributed by atoms with Gasteiger partial charge in [-0.1, -0.05) is 46.5 Å². The predicted molar refractivity (Wildman–Crippen MR) is 83.7 cm³/mol. The molecule has 0 aromatic rings. The van der Waals surface area contributed by atoms with Gasteiger partial charge in [0.1, 0.15) is 5.84 Å². The Bertz CT molecular complexity index is 319. The van der Waals surface area contributed by atoms with Crippen molar-refractivity contribution in [3.05, 3.63) is 0 Å². The molecule has 1 saturated carbocycles. The first-order chi connectivity index (χ1) is 9.00. The summed E-state index contributed by atoms with van der Waals surface area (Å²) in [6.07, 6.45) is 8.26. The van der Waals surface area contributed by atoms with Gasteiger partial charge in [-0.2, -0.15) is 0 Å². The zero-order valence-electron chi connectivity index (χ0n) is 13.5. The molecule has 0 radical (unpaired) electrons. The monoisotopic (exact) mass is 264 g/mol. The van der Waals surface area contributed by atoms with Gasteiger partial charge in [0, 0.05) is 12.0 Å². The minimum absolute atomic E-state index is 0.563. The van der Waals surface area contributed by atoms with Gasteiger partial charge in [-0.05, 0) is 32.6 Å². The van der Waals surface area contributed by atoms with E-state index in [0.29, 0.717) is 24.0 Å². The molecule has 19 heavy (non-hydrogen) atoms. The molecule has 2 aliphatic rings. The van der Waals surface area contributed by atoms with Crippen molar-refractivity contribution >= 4 is 5.84 Å². The average Bonchev–Trinajstić information content (AvgIpc) is 2.69. The molecule has 110 valence electrons. The zero-order chi connectivity index (χ0) is 14.0. The van der Waals surface area contributed by atoms with Gasteiger partial charge in [0.2, 0.25) is 0 Å². The van der Waals surface area contributed by atoms with E-state index in [2.05, 4.69) is 39.5 Å². The molecule has 1 aliphatic heterocycles. The zero-order valence-corrected chi connectivity index (χ0v) is 13.5. The first-order valence-corrected chi connectivity index (χ1v) is 8.36. The molecule has 2 rings (SSSR count). The van der Waals surface area contributed by atoms with Crippen molar-refractivity contribution in [1.82, 2.24) is 4.90 Å². The maximum Gasteiger partial charge on any atom is 0.102 e. The van der Waals surface area contributed by atoms with Crippen LogP contribution in [0.3, 0.4) is 0 Å². The smallest absolute Gasteiger partial charge is 0.102 e. The number of fused-ring (bicyclic) bond motifs is 1. The van der Waals surface area contributed by atoms with Gasteiger partial charge in [-0.3, -0.25) is 4.99 Å². The lowest BCUT2D eigenvalue weighted by atomic mass is 9.93. The first kappa shape index (κ1) is 14.9. The summed E-state index contributed by atoms with van der Waals surface area (Å²) in [5.41, 5.74) is 0. The largest absolute Gasteiger partial charge is 0.353 e. The minimum atomic E-state index is 0.563. The van der Waals surface area contributed by atoms with Crippen molar-refractivity contribution in [3.8, 4) is 0 Å². The number of nitrogens with zero attached hydrogens (tertiary/aromatic N) is 2. The van der Waals surface area contributed by atoms with Gasteiger partial charge in [0.15, 0.2) is 0 Å². The van der Waals surface area contributed by atoms with Gasteiger partial charge in [-0.25, -0.2) is 0 Å². The van der Waals surface area contributed by atoms with E-state index in [4.69, 9.17) is 4.99 Å². The lowest BCUT2D eigenvalue weighted by molar-refractivity contribution is 0.225. The van der Waals surface area contributed by atoms with Crippen LogP contribution >= 0.6 is 0 Å². The summed E-state index contributed by atoms with van der Waals surface area (Å²) in [4.78, 5) is 7.79. The molecule has 3 atom stereocenters. The Balaban J connectivity index is 2.22. The Morgan fingerprint density at radius 1 is 1.05 bits per heavy atom. The third-order valence-electron chi connectivity index (χ3n) is 4.78. The summed E-state index contributed by atoms with van der Waals surface area (Å²) in [5.74, 6) is 2.78. The van der Waals surface area contributed by atoms with E-state index in [-0.39, 0.29) is 0 Å². The minimum Gasteiger partial charge on any atom is -0.353 e. The summed E-state index contributed by atoms with van der Waals surface area (Å²) in [6, 6.07) is 1.83. The molecular weight excluding hydrogens is 232 g/mol. The van der Waals surface area contributed by atoms with Crippen LogP contribution < -0.4 is 0 Å². The number of rotatable bonds is 2. The standard InChI is InChI=1S/C17H32N2/c1-12(2)17-18-15-11-14(5)9-7-6-8-10-16(15)19(17)13(3)4/h12-16H,6-11H2,1-5H3. The second kappa shape index (κ2) is 6.28. The fourth-order valence-electron chi connectivity index (χ4n) is 3.87. The van der Waals surface area contributed by atoms with Crippen LogP contribution in [0.5, 0.6) is 0 Å². The van der Waals surface area contributed by atoms with Crippen LogP contribution in [-0.2, 0) is 0 Å². The quantitative estimate of drug-likeness (QED) is 0.717. The number of amidine groups is 1. The van der Waals surface area contributed by atoms with E-state index in [1.807, 2.05) is 0 Å². The van der Waals surface area contributed by atoms with Crippen LogP contribution in [0.15, 0.2) is 4.99 Å². The predicted octanol–water partition coefficient (Wildman–Crippen LogP) is 4.49. The van der Waals surface area contributed by atoms with Crippen LogP contribution in [-0.4, -0.2) is 28.9 Å². The number of hydrogen-bond donors (Lipinski definition) is 0. The molecule has 0 saturated heterocycles. The molecule has 0 bridgehead atoms. The maximum atomic E-state index is 5.15. The van der Waals surface area contributed by atoms with Gasteiger partial charge >= 0.3 is 0 Å². The molecule has 3 unspecified atom stereocenters. The van der Waals surface area contributed by atoms with Crippen molar-refractivity contribution < 1.29 is 0 Å². The van der Waals surface area contributed by atoms with Crippen LogP contribution in [0.2, 0.25) is 0 Å². The van der Waals surface area contributed by atoms with Crippen molar-refractivity contribution in [2.75, 3.05) is 0 Å². The van der Waals surface area contributed by atoms with Crippen LogP contribution in [0, 0.1) is 11.8 Å². The third kappa shape index (κ3) is 3.32. The van der Waals surface area contributed by atoms with Crippen molar-refractivity contribution in [1.29, 1.82) is 0 Å². The highest BCUT2D eigenvalue weighted by molar-refractivity contribution is 5.86. The molecule has 1 aliphatic carbocycles. The molecule has 0 spiro atoms. The normalized spacial score (nSPS) is 32.9. The second-order valence-electron chi connectivity index (χ2n) is 7.26. The SMILES string of the molecule is CC1CCCCCC2C(C1)N=C(C(C)C)N2C(C)C. The third-order valence-corrected chi connectivity index (χ3v) is 4.78. The molecule has 0 N–H and O–H groups in total.